The van der Waals surface area contributed by atoms with E-state index >= 15 is 0 Å². The molecule has 9 rings (SSSR count). The molecule has 6 heterocycles. The molecule has 428 valence electrons. The number of nitrogens with one attached hydrogen (secondary N) is 4. The first-order chi connectivity index (χ1) is 37.4. The van der Waals surface area contributed by atoms with Crippen molar-refractivity contribution >= 4 is 57.8 Å². The van der Waals surface area contributed by atoms with Crippen LogP contribution in [0.5, 0.6) is 11.5 Å². The van der Waals surface area contributed by atoms with Gasteiger partial charge in [-0.05, 0) is 47.9 Å². The smallest absolute Gasteiger partial charge is 0.306 e. The van der Waals surface area contributed by atoms with Crippen LogP contribution in [0, 0.1) is 11.8 Å². The standard InChI is InChI=1S/C35H37N5O7.C19H25N5O7.2CH4/c1-21(2)32(42)38-34-37-31-30(33(43)39-34)36-20-40(31)29-18-27(41)28(47-29)19-46-35(22-8-6-5-7-9-22,23-10-14-25(44-3)15-11-23)24-12-16-26(45-4)17-13-24;1-9(2)17(28)22-19-21-16-15(18(29)23-19)20-8-24(16)13-6-11(12(7-25)30-13)31-14(27)5-4-10(3)26;;/h5-17,20-21,27-29,41H,18-19H2,1-4H3,(H2,37,38,39,42,43);8-9,11-13,25H,4-7H2,1-3H3,(H2,21,22,23,28,29);2*1H4/t27-,28+,29+;11-,12+,13+;;/m00../s1. The molecule has 0 aliphatic carbocycles. The van der Waals surface area contributed by atoms with Crippen molar-refractivity contribution in [1.82, 2.24) is 39.0 Å². The van der Waals surface area contributed by atoms with Crippen LogP contribution in [-0.2, 0) is 43.7 Å². The number of hydrogen-bond acceptors (Lipinski definition) is 18. The Balaban J connectivity index is 0.000000273. The lowest BCUT2D eigenvalue weighted by Crippen LogP contribution is -2.38. The molecule has 2 aliphatic heterocycles. The fourth-order valence-corrected chi connectivity index (χ4v) is 8.90. The summed E-state index contributed by atoms with van der Waals surface area (Å²) in [5, 5.41) is 26.0. The number of hydrogen-bond donors (Lipinski definition) is 6. The van der Waals surface area contributed by atoms with Crippen molar-refractivity contribution in [2.24, 2.45) is 11.8 Å². The zero-order valence-electron chi connectivity index (χ0n) is 44.0. The van der Waals surface area contributed by atoms with Gasteiger partial charge in [0.25, 0.3) is 11.1 Å². The van der Waals surface area contributed by atoms with E-state index in [9.17, 15) is 39.0 Å². The zero-order valence-corrected chi connectivity index (χ0v) is 44.0. The number of methoxy groups -OCH3 is 2. The van der Waals surface area contributed by atoms with Gasteiger partial charge >= 0.3 is 5.97 Å². The Labute approximate surface area is 461 Å². The number of anilines is 2. The molecular weight excluding hydrogens is 1040 g/mol. The third kappa shape index (κ3) is 13.5. The molecule has 24 nitrogen and oxygen atoms in total. The maximum absolute atomic E-state index is 12.8. The highest BCUT2D eigenvalue weighted by molar-refractivity contribution is 5.91. The van der Waals surface area contributed by atoms with Crippen molar-refractivity contribution in [2.45, 2.75) is 118 Å². The minimum Gasteiger partial charge on any atom is -0.497 e. The lowest BCUT2D eigenvalue weighted by Gasteiger charge is -2.37. The molecule has 7 aromatic rings. The van der Waals surface area contributed by atoms with E-state index in [2.05, 4.69) is 40.5 Å². The topological polar surface area (TPSA) is 315 Å². The summed E-state index contributed by atoms with van der Waals surface area (Å²) in [6.07, 6.45) is -1.36. The van der Waals surface area contributed by atoms with Crippen molar-refractivity contribution in [3.8, 4) is 11.5 Å². The molecule has 6 N–H and O–H groups in total. The first-order valence-electron chi connectivity index (χ1n) is 25.3. The summed E-state index contributed by atoms with van der Waals surface area (Å²) in [5.74, 6) is -0.534. The van der Waals surface area contributed by atoms with E-state index in [0.29, 0.717) is 11.5 Å². The third-order valence-corrected chi connectivity index (χ3v) is 13.2. The molecule has 6 atom stereocenters. The van der Waals surface area contributed by atoms with Crippen molar-refractivity contribution in [3.63, 3.8) is 0 Å². The van der Waals surface area contributed by atoms with Crippen LogP contribution in [0.3, 0.4) is 0 Å². The number of carbonyl (C=O) groups excluding carboxylic acids is 4. The highest BCUT2D eigenvalue weighted by Crippen LogP contribution is 2.43. The number of aliphatic hydroxyl groups excluding tert-OH is 2. The summed E-state index contributed by atoms with van der Waals surface area (Å²) in [5.41, 5.74) is 0.971. The van der Waals surface area contributed by atoms with Gasteiger partial charge in [0, 0.05) is 31.1 Å². The van der Waals surface area contributed by atoms with E-state index in [0.717, 1.165) is 16.7 Å². The number of rotatable bonds is 19. The van der Waals surface area contributed by atoms with Gasteiger partial charge in [-0.15, -0.1) is 0 Å². The van der Waals surface area contributed by atoms with Crippen molar-refractivity contribution in [3.05, 3.63) is 129 Å². The Morgan fingerprint density at radius 3 is 1.61 bits per heavy atom. The van der Waals surface area contributed by atoms with Crippen LogP contribution in [0.1, 0.15) is 104 Å². The average Bonchev–Trinajstić information content (AvgIpc) is 4.31. The van der Waals surface area contributed by atoms with Gasteiger partial charge in [-0.25, -0.2) is 9.97 Å². The van der Waals surface area contributed by atoms with Gasteiger partial charge in [0.1, 0.15) is 53.7 Å². The van der Waals surface area contributed by atoms with E-state index in [1.807, 2.05) is 78.9 Å². The number of H-pyrrole nitrogens is 2. The van der Waals surface area contributed by atoms with Crippen molar-refractivity contribution in [2.75, 3.05) is 38.1 Å². The van der Waals surface area contributed by atoms with Gasteiger partial charge < -0.3 is 43.4 Å². The first kappa shape index (κ1) is 61.1. The quantitative estimate of drug-likeness (QED) is 0.0403. The Bertz CT molecular complexity index is 3310. The Morgan fingerprint density at radius 1 is 0.700 bits per heavy atom. The second-order valence-corrected chi connectivity index (χ2v) is 19.3. The third-order valence-electron chi connectivity index (χ3n) is 13.2. The molecule has 0 unspecified atom stereocenters. The molecule has 0 radical (unpaired) electrons. The SMILES string of the molecule is C.C.CC(=O)CCC(=O)O[C@H]1C[C@H](n2cnc3c(=O)[nH]c(NC(=O)C(C)C)nc32)O[C@@H]1CO.COc1ccc(C(OC[C@H]2O[C@@H](n3cnc4c(=O)[nH]c(NC(=O)C(C)C)nc43)C[C@@H]2O)(c2ccccc2)c2ccc(OC)cc2)cc1. The summed E-state index contributed by atoms with van der Waals surface area (Å²) >= 11 is 0. The van der Waals surface area contributed by atoms with E-state index in [-0.39, 0.29) is 111 Å². The van der Waals surface area contributed by atoms with Crippen LogP contribution < -0.4 is 31.2 Å². The van der Waals surface area contributed by atoms with E-state index in [4.69, 9.17) is 28.4 Å². The molecule has 3 aromatic carbocycles. The summed E-state index contributed by atoms with van der Waals surface area (Å²) in [6.45, 7) is 7.89. The molecule has 80 heavy (non-hydrogen) atoms. The Morgan fingerprint density at radius 2 is 1.16 bits per heavy atom. The highest BCUT2D eigenvalue weighted by Gasteiger charge is 2.43. The maximum atomic E-state index is 12.8. The van der Waals surface area contributed by atoms with Crippen LogP contribution in [0.2, 0.25) is 0 Å². The summed E-state index contributed by atoms with van der Waals surface area (Å²) in [7, 11) is 3.23. The van der Waals surface area contributed by atoms with Crippen molar-refractivity contribution in [1.29, 1.82) is 0 Å². The van der Waals surface area contributed by atoms with Gasteiger partial charge in [0.15, 0.2) is 22.3 Å². The number of esters is 1. The molecule has 0 saturated carbocycles. The predicted molar refractivity (Wildman–Crippen MR) is 295 cm³/mol. The second kappa shape index (κ2) is 26.7. The van der Waals surface area contributed by atoms with E-state index in [1.54, 1.807) is 46.5 Å². The van der Waals surface area contributed by atoms with Crippen LogP contribution in [0.15, 0.2) is 101 Å². The molecule has 2 saturated heterocycles. The van der Waals surface area contributed by atoms with Gasteiger partial charge in [-0.2, -0.15) is 9.97 Å². The molecule has 2 fully saturated rings. The number of fused-ring (bicyclic) bond motifs is 2. The molecule has 4 aromatic heterocycles. The van der Waals surface area contributed by atoms with Gasteiger partial charge in [-0.3, -0.25) is 53.7 Å². The zero-order chi connectivity index (χ0) is 55.8. The molecule has 2 aliphatic rings. The number of ketones is 1. The molecular formula is C56H70N10O14. The first-order valence-corrected chi connectivity index (χ1v) is 25.3. The maximum Gasteiger partial charge on any atom is 0.306 e. The summed E-state index contributed by atoms with van der Waals surface area (Å²) < 4.78 is 38.4. The number of nitrogens with zero attached hydrogens (tertiary/aromatic N) is 6. The number of carbonyl (C=O) groups is 4. The van der Waals surface area contributed by atoms with Crippen molar-refractivity contribution < 1.29 is 57.8 Å². The number of imidazole rings is 2. The number of benzene rings is 3. The van der Waals surface area contributed by atoms with Crippen LogP contribution >= 0.6 is 0 Å². The lowest BCUT2D eigenvalue weighted by molar-refractivity contribution is -0.153. The van der Waals surface area contributed by atoms with Gasteiger partial charge in [0.05, 0.1) is 52.6 Å². The lowest BCUT2D eigenvalue weighted by atomic mass is 9.80. The van der Waals surface area contributed by atoms with Crippen LogP contribution in [0.25, 0.3) is 22.3 Å². The number of aromatic amines is 2. The average molecular weight is 1110 g/mol. The molecule has 0 spiro atoms. The van der Waals surface area contributed by atoms with E-state index < -0.39 is 66.2 Å². The Kier molecular flexibility index (Phi) is 20.3. The number of aliphatic hydroxyl groups is 2. The van der Waals surface area contributed by atoms with Gasteiger partial charge in [-0.1, -0.05) is 97.1 Å². The fraction of sp³-hybridized carbons (Fsp3) is 0.429. The summed E-state index contributed by atoms with van der Waals surface area (Å²) in [4.78, 5) is 94.4. The Hall–Kier alpha value is -8.16. The largest absolute Gasteiger partial charge is 0.497 e. The molecule has 24 heteroatoms. The summed E-state index contributed by atoms with van der Waals surface area (Å²) in [6, 6.07) is 25.2. The minimum absolute atomic E-state index is 0. The highest BCUT2D eigenvalue weighted by atomic mass is 16.6. The normalized spacial score (nSPS) is 18.7. The van der Waals surface area contributed by atoms with Crippen LogP contribution in [-0.4, -0.2) is 125 Å². The second-order valence-electron chi connectivity index (χ2n) is 19.3. The minimum atomic E-state index is -1.10. The molecule has 2 amide bonds. The number of Topliss-reactive ketones (excluding diaryl/α,β-unsaturated/α-hetero) is 1. The van der Waals surface area contributed by atoms with E-state index in [1.165, 1.54) is 24.1 Å². The number of amides is 2. The number of aromatic nitrogens is 8. The predicted octanol–water partition coefficient (Wildman–Crippen LogP) is 5.94. The monoisotopic (exact) mass is 1110 g/mol. The fourth-order valence-electron chi connectivity index (χ4n) is 8.90. The molecule has 0 bridgehead atoms. The number of ether oxygens (including phenoxy) is 6. The van der Waals surface area contributed by atoms with Crippen LogP contribution in [0.4, 0.5) is 11.9 Å². The van der Waals surface area contributed by atoms with Gasteiger partial charge in [0.2, 0.25) is 23.7 Å².